The summed E-state index contributed by atoms with van der Waals surface area (Å²) in [4.78, 5) is 12.4. The lowest BCUT2D eigenvalue weighted by Crippen LogP contribution is -2.39. The molecule has 0 saturated heterocycles. The number of anilines is 1. The van der Waals surface area contributed by atoms with Crippen molar-refractivity contribution in [3.05, 3.63) is 48.4 Å². The maximum atomic E-state index is 12.4. The molecule has 8 heteroatoms. The number of furan rings is 1. The molecule has 1 atom stereocenters. The summed E-state index contributed by atoms with van der Waals surface area (Å²) in [6.45, 7) is 0.428. The van der Waals surface area contributed by atoms with Crippen LogP contribution in [-0.2, 0) is 21.4 Å². The fraction of sp³-hybridized carbons (Fsp3) is 0.312. The van der Waals surface area contributed by atoms with Crippen LogP contribution in [0.3, 0.4) is 0 Å². The number of fused-ring (bicyclic) bond motifs is 1. The molecule has 24 heavy (non-hydrogen) atoms. The zero-order chi connectivity index (χ0) is 17.2. The van der Waals surface area contributed by atoms with Crippen LogP contribution in [0.25, 0.3) is 0 Å². The van der Waals surface area contributed by atoms with Crippen LogP contribution in [-0.4, -0.2) is 33.2 Å². The zero-order valence-corrected chi connectivity index (χ0v) is 14.0. The minimum Gasteiger partial charge on any atom is -0.478 e. The Kier molecular flexibility index (Phi) is 4.48. The third kappa shape index (κ3) is 3.53. The van der Waals surface area contributed by atoms with Gasteiger partial charge in [-0.3, -0.25) is 9.10 Å². The Balaban J connectivity index is 1.77. The first kappa shape index (κ1) is 16.4. The highest BCUT2D eigenvalue weighted by Gasteiger charge is 2.30. The molecule has 1 aromatic carbocycles. The van der Waals surface area contributed by atoms with E-state index in [9.17, 15) is 13.2 Å². The third-order valence-electron chi connectivity index (χ3n) is 3.71. The second-order valence-corrected chi connectivity index (χ2v) is 7.40. The number of sulfonamides is 1. The average Bonchev–Trinajstić information content (AvgIpc) is 2.97. The number of hydrogen-bond acceptors (Lipinski definition) is 5. The monoisotopic (exact) mass is 350 g/mol. The van der Waals surface area contributed by atoms with E-state index >= 15 is 0 Å². The number of para-hydroxylation sites is 2. The van der Waals surface area contributed by atoms with E-state index in [4.69, 9.17) is 9.15 Å². The predicted molar refractivity (Wildman–Crippen MR) is 88.2 cm³/mol. The quantitative estimate of drug-likeness (QED) is 0.903. The van der Waals surface area contributed by atoms with Gasteiger partial charge in [0.1, 0.15) is 11.5 Å². The Hall–Kier alpha value is -2.48. The van der Waals surface area contributed by atoms with Gasteiger partial charge in [0, 0.05) is 13.0 Å². The van der Waals surface area contributed by atoms with Crippen LogP contribution in [0.2, 0.25) is 0 Å². The van der Waals surface area contributed by atoms with Gasteiger partial charge in [0.2, 0.25) is 10.0 Å². The first-order valence-electron chi connectivity index (χ1n) is 7.48. The van der Waals surface area contributed by atoms with E-state index in [0.29, 0.717) is 17.2 Å². The number of nitrogens with one attached hydrogen (secondary N) is 1. The minimum absolute atomic E-state index is 0.175. The normalized spacial score (nSPS) is 17.5. The summed E-state index contributed by atoms with van der Waals surface area (Å²) >= 11 is 0. The summed E-state index contributed by atoms with van der Waals surface area (Å²) in [7, 11) is -3.45. The smallest absolute Gasteiger partial charge is 0.261 e. The van der Waals surface area contributed by atoms with E-state index in [1.165, 1.54) is 10.6 Å². The lowest BCUT2D eigenvalue weighted by atomic mass is 10.2. The molecule has 1 aliphatic heterocycles. The van der Waals surface area contributed by atoms with Gasteiger partial charge in [-0.05, 0) is 24.3 Å². The molecule has 1 amide bonds. The van der Waals surface area contributed by atoms with Crippen molar-refractivity contribution in [3.63, 3.8) is 0 Å². The van der Waals surface area contributed by atoms with Gasteiger partial charge in [-0.1, -0.05) is 12.1 Å². The second kappa shape index (κ2) is 6.56. The van der Waals surface area contributed by atoms with E-state index in [1.807, 2.05) is 0 Å². The van der Waals surface area contributed by atoms with Crippen LogP contribution in [0.1, 0.15) is 12.2 Å². The lowest BCUT2D eigenvalue weighted by molar-refractivity contribution is -0.128. The van der Waals surface area contributed by atoms with Crippen molar-refractivity contribution in [2.24, 2.45) is 0 Å². The molecule has 0 saturated carbocycles. The maximum Gasteiger partial charge on any atom is 0.261 e. The number of hydrogen-bond donors (Lipinski definition) is 1. The Labute approximate surface area is 140 Å². The van der Waals surface area contributed by atoms with E-state index in [0.717, 1.165) is 6.26 Å². The van der Waals surface area contributed by atoms with Crippen LogP contribution in [0.5, 0.6) is 5.75 Å². The Morgan fingerprint density at radius 2 is 2.08 bits per heavy atom. The van der Waals surface area contributed by atoms with E-state index in [1.54, 1.807) is 36.4 Å². The molecule has 2 heterocycles. The molecular formula is C16H18N2O5S. The number of nitrogens with zero attached hydrogens (tertiary/aromatic N) is 1. The molecule has 0 fully saturated rings. The van der Waals surface area contributed by atoms with Crippen LogP contribution in [0.15, 0.2) is 47.1 Å². The number of carbonyl (C=O) groups is 1. The van der Waals surface area contributed by atoms with Crippen molar-refractivity contribution in [2.75, 3.05) is 17.1 Å². The summed E-state index contributed by atoms with van der Waals surface area (Å²) in [5.74, 6) is 0.699. The molecular weight excluding hydrogens is 332 g/mol. The van der Waals surface area contributed by atoms with Gasteiger partial charge in [-0.15, -0.1) is 0 Å². The van der Waals surface area contributed by atoms with Gasteiger partial charge in [0.05, 0.1) is 24.8 Å². The van der Waals surface area contributed by atoms with Gasteiger partial charge in [0.25, 0.3) is 5.91 Å². The van der Waals surface area contributed by atoms with Crippen molar-refractivity contribution >= 4 is 21.6 Å². The molecule has 1 aliphatic rings. The van der Waals surface area contributed by atoms with Crippen molar-refractivity contribution in [1.82, 2.24) is 5.32 Å². The number of carbonyl (C=O) groups excluding carboxylic acids is 1. The minimum atomic E-state index is -3.45. The fourth-order valence-electron chi connectivity index (χ4n) is 2.56. The van der Waals surface area contributed by atoms with Crippen molar-refractivity contribution in [3.8, 4) is 5.75 Å². The highest BCUT2D eigenvalue weighted by Crippen LogP contribution is 2.33. The first-order valence-corrected chi connectivity index (χ1v) is 9.33. The number of amides is 1. The molecule has 1 N–H and O–H groups in total. The van der Waals surface area contributed by atoms with Gasteiger partial charge >= 0.3 is 0 Å². The third-order valence-corrected chi connectivity index (χ3v) is 4.89. The molecule has 128 valence electrons. The summed E-state index contributed by atoms with van der Waals surface area (Å²) < 4.78 is 36.2. The Bertz CT molecular complexity index is 817. The molecule has 1 aromatic heterocycles. The number of ether oxygens (including phenoxy) is 1. The zero-order valence-electron chi connectivity index (χ0n) is 13.1. The van der Waals surface area contributed by atoms with Crippen molar-refractivity contribution < 1.29 is 22.4 Å². The SMILES string of the molecule is CS(=O)(=O)N1CCC(C(=O)NCc2ccco2)Oc2ccccc21. The number of rotatable bonds is 4. The molecule has 1 unspecified atom stereocenters. The van der Waals surface area contributed by atoms with Crippen molar-refractivity contribution in [2.45, 2.75) is 19.1 Å². The molecule has 0 bridgehead atoms. The molecule has 0 spiro atoms. The molecule has 2 aromatic rings. The van der Waals surface area contributed by atoms with E-state index in [2.05, 4.69) is 5.32 Å². The topological polar surface area (TPSA) is 88.9 Å². The summed E-state index contributed by atoms with van der Waals surface area (Å²) in [5.41, 5.74) is 0.446. The van der Waals surface area contributed by atoms with Crippen LogP contribution >= 0.6 is 0 Å². The fourth-order valence-corrected chi connectivity index (χ4v) is 3.51. The van der Waals surface area contributed by atoms with Gasteiger partial charge in [-0.2, -0.15) is 0 Å². The second-order valence-electron chi connectivity index (χ2n) is 5.50. The van der Waals surface area contributed by atoms with Crippen LogP contribution in [0.4, 0.5) is 5.69 Å². The highest BCUT2D eigenvalue weighted by atomic mass is 32.2. The average molecular weight is 350 g/mol. The lowest BCUT2D eigenvalue weighted by Gasteiger charge is -2.20. The predicted octanol–water partition coefficient (Wildman–Crippen LogP) is 1.51. The van der Waals surface area contributed by atoms with Gasteiger partial charge < -0.3 is 14.5 Å². The number of benzene rings is 1. The summed E-state index contributed by atoms with van der Waals surface area (Å²) in [5, 5.41) is 2.74. The largest absolute Gasteiger partial charge is 0.478 e. The van der Waals surface area contributed by atoms with E-state index < -0.39 is 16.1 Å². The molecule has 0 radical (unpaired) electrons. The first-order chi connectivity index (χ1) is 11.4. The van der Waals surface area contributed by atoms with Crippen molar-refractivity contribution in [1.29, 1.82) is 0 Å². The highest BCUT2D eigenvalue weighted by molar-refractivity contribution is 7.92. The van der Waals surface area contributed by atoms with Gasteiger partial charge in [0.15, 0.2) is 6.10 Å². The summed E-state index contributed by atoms with van der Waals surface area (Å²) in [6.07, 6.45) is 2.16. The van der Waals surface area contributed by atoms with E-state index in [-0.39, 0.29) is 25.4 Å². The molecule has 0 aliphatic carbocycles. The molecule has 7 nitrogen and oxygen atoms in total. The standard InChI is InChI=1S/C16H18N2O5S/c1-24(20,21)18-9-8-15(23-14-7-3-2-6-13(14)18)16(19)17-11-12-5-4-10-22-12/h2-7,10,15H,8-9,11H2,1H3,(H,17,19). The Morgan fingerprint density at radius 1 is 1.29 bits per heavy atom. The van der Waals surface area contributed by atoms with Gasteiger partial charge in [-0.25, -0.2) is 8.42 Å². The summed E-state index contributed by atoms with van der Waals surface area (Å²) in [6, 6.07) is 10.3. The Morgan fingerprint density at radius 3 is 2.79 bits per heavy atom. The molecule has 3 rings (SSSR count). The maximum absolute atomic E-state index is 12.4. The van der Waals surface area contributed by atoms with Crippen LogP contribution < -0.4 is 14.4 Å². The van der Waals surface area contributed by atoms with Crippen LogP contribution in [0, 0.1) is 0 Å².